The molecule has 2 saturated heterocycles. The van der Waals surface area contributed by atoms with Crippen molar-refractivity contribution >= 4 is 23.2 Å². The summed E-state index contributed by atoms with van der Waals surface area (Å²) in [6.07, 6.45) is -1.43. The van der Waals surface area contributed by atoms with Gasteiger partial charge in [0.2, 0.25) is 5.91 Å². The van der Waals surface area contributed by atoms with Gasteiger partial charge in [0.25, 0.3) is 0 Å². The van der Waals surface area contributed by atoms with Gasteiger partial charge in [-0.3, -0.25) is 9.69 Å². The van der Waals surface area contributed by atoms with Crippen LogP contribution in [-0.2, 0) is 20.9 Å². The maximum Gasteiger partial charge on any atom is 0.490 e. The number of alkyl halides is 3. The number of hydrogen-bond acceptors (Lipinski definition) is 5. The van der Waals surface area contributed by atoms with Crippen LogP contribution in [0.15, 0.2) is 16.8 Å². The van der Waals surface area contributed by atoms with Gasteiger partial charge in [-0.1, -0.05) is 6.42 Å². The number of nitrogens with zero attached hydrogens (tertiary/aromatic N) is 2. The van der Waals surface area contributed by atoms with Crippen molar-refractivity contribution in [2.75, 3.05) is 32.8 Å². The Bertz CT molecular complexity index is 694. The SMILES string of the molecule is O=C(C1CCC1)N1C[C@@H]2CN(Cc3ccsc3)CCO[C@@H]2C1.O=C(O)C(F)(F)F. The summed E-state index contributed by atoms with van der Waals surface area (Å²) in [7, 11) is 0. The van der Waals surface area contributed by atoms with Crippen molar-refractivity contribution < 1.29 is 32.6 Å². The number of carboxylic acid groups (broad SMARTS) is 1. The molecule has 0 spiro atoms. The summed E-state index contributed by atoms with van der Waals surface area (Å²) < 4.78 is 37.8. The molecule has 1 aromatic heterocycles. The Balaban J connectivity index is 0.000000298. The number of ether oxygens (including phenoxy) is 1. The van der Waals surface area contributed by atoms with Crippen molar-refractivity contribution in [2.45, 2.75) is 38.1 Å². The second-order valence-electron chi connectivity index (χ2n) is 7.71. The normalized spacial score (nSPS) is 25.4. The number of hydrogen-bond donors (Lipinski definition) is 1. The van der Waals surface area contributed by atoms with Crippen molar-refractivity contribution in [3.05, 3.63) is 22.4 Å². The quantitative estimate of drug-likeness (QED) is 0.792. The van der Waals surface area contributed by atoms with Gasteiger partial charge in [-0.05, 0) is 35.2 Å². The average Bonchev–Trinajstić information content (AvgIpc) is 3.20. The molecular formula is C19H25F3N2O4S. The minimum absolute atomic E-state index is 0.247. The lowest BCUT2D eigenvalue weighted by molar-refractivity contribution is -0.192. The molecule has 1 aliphatic carbocycles. The summed E-state index contributed by atoms with van der Waals surface area (Å²) in [5.41, 5.74) is 1.39. The minimum Gasteiger partial charge on any atom is -0.475 e. The Labute approximate surface area is 171 Å². The lowest BCUT2D eigenvalue weighted by Gasteiger charge is -2.29. The van der Waals surface area contributed by atoms with Gasteiger partial charge < -0.3 is 14.7 Å². The van der Waals surface area contributed by atoms with E-state index in [1.54, 1.807) is 11.3 Å². The molecule has 1 saturated carbocycles. The van der Waals surface area contributed by atoms with Crippen molar-refractivity contribution in [2.24, 2.45) is 11.8 Å². The lowest BCUT2D eigenvalue weighted by atomic mass is 9.84. The molecule has 1 N–H and O–H groups in total. The van der Waals surface area contributed by atoms with Gasteiger partial charge >= 0.3 is 12.1 Å². The van der Waals surface area contributed by atoms with Crippen LogP contribution in [0.3, 0.4) is 0 Å². The molecule has 3 aliphatic rings. The first-order chi connectivity index (χ1) is 13.7. The Morgan fingerprint density at radius 2 is 1.97 bits per heavy atom. The summed E-state index contributed by atoms with van der Waals surface area (Å²) in [6.45, 7) is 5.55. The van der Waals surface area contributed by atoms with Crippen molar-refractivity contribution in [1.29, 1.82) is 0 Å². The fourth-order valence-corrected chi connectivity index (χ4v) is 4.50. The average molecular weight is 434 g/mol. The van der Waals surface area contributed by atoms with Crippen LogP contribution >= 0.6 is 11.3 Å². The highest BCUT2D eigenvalue weighted by molar-refractivity contribution is 7.07. The smallest absolute Gasteiger partial charge is 0.475 e. The van der Waals surface area contributed by atoms with E-state index in [1.165, 1.54) is 12.0 Å². The van der Waals surface area contributed by atoms with Crippen molar-refractivity contribution in [3.8, 4) is 0 Å². The van der Waals surface area contributed by atoms with Crippen LogP contribution in [0.5, 0.6) is 0 Å². The highest BCUT2D eigenvalue weighted by Crippen LogP contribution is 2.32. The van der Waals surface area contributed by atoms with Gasteiger partial charge in [-0.2, -0.15) is 24.5 Å². The molecule has 0 aromatic carbocycles. The number of likely N-dealkylation sites (tertiary alicyclic amines) is 1. The van der Waals surface area contributed by atoms with Crippen molar-refractivity contribution in [3.63, 3.8) is 0 Å². The third-order valence-electron chi connectivity index (χ3n) is 5.61. The maximum absolute atomic E-state index is 12.5. The number of carbonyl (C=O) groups excluding carboxylic acids is 1. The molecule has 3 heterocycles. The van der Waals surface area contributed by atoms with Gasteiger partial charge in [0.05, 0.1) is 12.7 Å². The van der Waals surface area contributed by atoms with E-state index in [0.717, 1.165) is 52.2 Å². The molecule has 4 rings (SSSR count). The monoisotopic (exact) mass is 434 g/mol. The molecule has 1 aromatic rings. The fraction of sp³-hybridized carbons (Fsp3) is 0.684. The first-order valence-electron chi connectivity index (χ1n) is 9.68. The third-order valence-corrected chi connectivity index (χ3v) is 6.34. The molecule has 0 bridgehead atoms. The number of carboxylic acids is 1. The van der Waals surface area contributed by atoms with E-state index in [1.807, 2.05) is 0 Å². The fourth-order valence-electron chi connectivity index (χ4n) is 3.84. The topological polar surface area (TPSA) is 70.1 Å². The Morgan fingerprint density at radius 3 is 2.52 bits per heavy atom. The van der Waals surface area contributed by atoms with Crippen LogP contribution in [0.1, 0.15) is 24.8 Å². The van der Waals surface area contributed by atoms with Crippen LogP contribution in [0, 0.1) is 11.8 Å². The second kappa shape index (κ2) is 9.44. The molecular weight excluding hydrogens is 409 g/mol. The Kier molecular flexibility index (Phi) is 7.18. The summed E-state index contributed by atoms with van der Waals surface area (Å²) in [4.78, 5) is 25.9. The number of amides is 1. The number of rotatable bonds is 3. The maximum atomic E-state index is 12.5. The standard InChI is InChI=1S/C17H24N2O2S.C2HF3O2/c20-17(14-2-1-3-14)19-10-15-9-18(5-6-21-16(15)11-19)8-13-4-7-22-12-13;3-2(4,5)1(6)7/h4,7,12,14-16H,1-3,5-6,8-11H2;(H,6,7)/t15-,16+;/m0./s1. The molecule has 10 heteroatoms. The van der Waals surface area contributed by atoms with Crippen molar-refractivity contribution in [1.82, 2.24) is 9.80 Å². The van der Waals surface area contributed by atoms with E-state index in [-0.39, 0.29) is 6.10 Å². The Morgan fingerprint density at radius 1 is 1.24 bits per heavy atom. The molecule has 3 fully saturated rings. The van der Waals surface area contributed by atoms with Crippen LogP contribution in [0.25, 0.3) is 0 Å². The number of thiophene rings is 1. The van der Waals surface area contributed by atoms with Crippen LogP contribution in [0.2, 0.25) is 0 Å². The third kappa shape index (κ3) is 5.93. The summed E-state index contributed by atoms with van der Waals surface area (Å²) >= 11 is 1.76. The lowest BCUT2D eigenvalue weighted by Crippen LogP contribution is -2.39. The van der Waals surface area contributed by atoms with Crippen LogP contribution in [-0.4, -0.2) is 71.8 Å². The zero-order chi connectivity index (χ0) is 21.0. The zero-order valence-corrected chi connectivity index (χ0v) is 16.8. The van der Waals surface area contributed by atoms with Gasteiger partial charge in [-0.25, -0.2) is 4.79 Å². The highest BCUT2D eigenvalue weighted by Gasteiger charge is 2.41. The van der Waals surface area contributed by atoms with E-state index in [9.17, 15) is 18.0 Å². The molecule has 162 valence electrons. The summed E-state index contributed by atoms with van der Waals surface area (Å²) in [5.74, 6) is -1.59. The second-order valence-corrected chi connectivity index (χ2v) is 8.49. The first-order valence-corrected chi connectivity index (χ1v) is 10.6. The molecule has 29 heavy (non-hydrogen) atoms. The van der Waals surface area contributed by atoms with E-state index < -0.39 is 12.1 Å². The first kappa shape index (κ1) is 22.0. The number of fused-ring (bicyclic) bond motifs is 1. The predicted molar refractivity (Wildman–Crippen MR) is 100 cm³/mol. The van der Waals surface area contributed by atoms with E-state index in [0.29, 0.717) is 17.7 Å². The summed E-state index contributed by atoms with van der Waals surface area (Å²) in [6, 6.07) is 2.20. The van der Waals surface area contributed by atoms with Gasteiger partial charge in [-0.15, -0.1) is 0 Å². The van der Waals surface area contributed by atoms with E-state index in [2.05, 4.69) is 26.6 Å². The minimum atomic E-state index is -5.08. The summed E-state index contributed by atoms with van der Waals surface area (Å²) in [5, 5.41) is 11.5. The number of carbonyl (C=O) groups is 2. The van der Waals surface area contributed by atoms with Gasteiger partial charge in [0.15, 0.2) is 0 Å². The zero-order valence-electron chi connectivity index (χ0n) is 15.9. The largest absolute Gasteiger partial charge is 0.490 e. The number of halogens is 3. The van der Waals surface area contributed by atoms with E-state index >= 15 is 0 Å². The van der Waals surface area contributed by atoms with Gasteiger partial charge in [0, 0.05) is 44.6 Å². The Hall–Kier alpha value is -1.65. The highest BCUT2D eigenvalue weighted by atomic mass is 32.1. The molecule has 2 aliphatic heterocycles. The molecule has 0 radical (unpaired) electrons. The molecule has 0 unspecified atom stereocenters. The van der Waals surface area contributed by atoms with Gasteiger partial charge in [0.1, 0.15) is 0 Å². The molecule has 2 atom stereocenters. The number of aliphatic carboxylic acids is 1. The van der Waals surface area contributed by atoms with Crippen LogP contribution in [0.4, 0.5) is 13.2 Å². The molecule has 1 amide bonds. The predicted octanol–water partition coefficient (Wildman–Crippen LogP) is 2.84. The van der Waals surface area contributed by atoms with E-state index in [4.69, 9.17) is 14.6 Å². The van der Waals surface area contributed by atoms with Crippen LogP contribution < -0.4 is 0 Å². The molecule has 6 nitrogen and oxygen atoms in total.